The largest absolute Gasteiger partial charge is 0.344 e. The Morgan fingerprint density at radius 1 is 1.33 bits per heavy atom. The monoisotopic (exact) mass is 294 g/mol. The number of nitrogens with zero attached hydrogens (tertiary/aromatic N) is 2. The second kappa shape index (κ2) is 7.54. The average Bonchev–Trinajstić information content (AvgIpc) is 2.96. The van der Waals surface area contributed by atoms with Gasteiger partial charge in [0.1, 0.15) is 6.04 Å². The van der Waals surface area contributed by atoms with Crippen LogP contribution in [0.5, 0.6) is 0 Å². The highest BCUT2D eigenvalue weighted by atomic mass is 16.5. The molecular weight excluding hydrogens is 268 g/mol. The Kier molecular flexibility index (Phi) is 5.73. The molecule has 118 valence electrons. The number of amides is 1. The van der Waals surface area contributed by atoms with Crippen LogP contribution in [0.15, 0.2) is 4.52 Å². The standard InChI is InChI=1S/C15H26N4O2/c1-10(16-3)9-13-18-15(21-19-13)11(2)17-14(20)12-7-5-4-6-8-12/h10-12,16H,4-9H2,1-3H3,(H,17,20)/t10?,11-/m0/s1. The molecule has 0 aliphatic heterocycles. The van der Waals surface area contributed by atoms with Crippen LogP contribution >= 0.6 is 0 Å². The number of hydrogen-bond donors (Lipinski definition) is 2. The number of hydrogen-bond acceptors (Lipinski definition) is 5. The van der Waals surface area contributed by atoms with E-state index in [1.807, 2.05) is 14.0 Å². The summed E-state index contributed by atoms with van der Waals surface area (Å²) >= 11 is 0. The molecule has 6 heteroatoms. The molecule has 1 fully saturated rings. The smallest absolute Gasteiger partial charge is 0.248 e. The van der Waals surface area contributed by atoms with E-state index in [1.54, 1.807) is 0 Å². The summed E-state index contributed by atoms with van der Waals surface area (Å²) in [4.78, 5) is 16.6. The van der Waals surface area contributed by atoms with Crippen LogP contribution in [0.25, 0.3) is 0 Å². The Labute approximate surface area is 126 Å². The molecule has 1 aromatic heterocycles. The molecular formula is C15H26N4O2. The normalized spacial score (nSPS) is 19.2. The van der Waals surface area contributed by atoms with Crippen molar-refractivity contribution in [3.05, 3.63) is 11.7 Å². The van der Waals surface area contributed by atoms with E-state index in [-0.39, 0.29) is 17.9 Å². The number of carbonyl (C=O) groups is 1. The van der Waals surface area contributed by atoms with Crippen LogP contribution in [-0.4, -0.2) is 29.1 Å². The van der Waals surface area contributed by atoms with Crippen LogP contribution in [0.3, 0.4) is 0 Å². The second-order valence-electron chi connectivity index (χ2n) is 6.01. The first-order valence-electron chi connectivity index (χ1n) is 7.90. The van der Waals surface area contributed by atoms with Gasteiger partial charge in [-0.15, -0.1) is 0 Å². The molecule has 1 heterocycles. The molecule has 0 radical (unpaired) electrons. The Hall–Kier alpha value is -1.43. The average molecular weight is 294 g/mol. The van der Waals surface area contributed by atoms with Gasteiger partial charge in [-0.25, -0.2) is 0 Å². The topological polar surface area (TPSA) is 80.0 Å². The van der Waals surface area contributed by atoms with Crippen LogP contribution in [-0.2, 0) is 11.2 Å². The highest BCUT2D eigenvalue weighted by Crippen LogP contribution is 2.24. The van der Waals surface area contributed by atoms with Gasteiger partial charge in [-0.05, 0) is 33.7 Å². The predicted molar refractivity (Wildman–Crippen MR) is 79.7 cm³/mol. The fraction of sp³-hybridized carbons (Fsp3) is 0.800. The highest BCUT2D eigenvalue weighted by molar-refractivity contribution is 5.79. The third-order valence-electron chi connectivity index (χ3n) is 4.17. The zero-order valence-electron chi connectivity index (χ0n) is 13.2. The minimum atomic E-state index is -0.231. The van der Waals surface area contributed by atoms with E-state index in [2.05, 4.69) is 27.7 Å². The summed E-state index contributed by atoms with van der Waals surface area (Å²) in [6.07, 6.45) is 6.25. The molecule has 2 N–H and O–H groups in total. The maximum Gasteiger partial charge on any atom is 0.248 e. The van der Waals surface area contributed by atoms with Gasteiger partial charge < -0.3 is 15.2 Å². The lowest BCUT2D eigenvalue weighted by Gasteiger charge is -2.22. The SMILES string of the molecule is CNC(C)Cc1noc([C@H](C)NC(=O)C2CCCCC2)n1. The van der Waals surface area contributed by atoms with Gasteiger partial charge >= 0.3 is 0 Å². The summed E-state index contributed by atoms with van der Waals surface area (Å²) in [7, 11) is 1.90. The summed E-state index contributed by atoms with van der Waals surface area (Å²) in [6, 6.07) is 0.0631. The van der Waals surface area contributed by atoms with Crippen LogP contribution in [0, 0.1) is 5.92 Å². The Morgan fingerprint density at radius 3 is 2.71 bits per heavy atom. The van der Waals surface area contributed by atoms with E-state index in [0.29, 0.717) is 24.2 Å². The number of rotatable bonds is 6. The molecule has 1 saturated carbocycles. The summed E-state index contributed by atoms with van der Waals surface area (Å²) in [6.45, 7) is 3.95. The Balaban J connectivity index is 1.87. The summed E-state index contributed by atoms with van der Waals surface area (Å²) < 4.78 is 5.26. The minimum absolute atomic E-state index is 0.116. The van der Waals surface area contributed by atoms with E-state index in [1.165, 1.54) is 6.42 Å². The molecule has 0 aromatic carbocycles. The minimum Gasteiger partial charge on any atom is -0.344 e. The van der Waals surface area contributed by atoms with Crippen molar-refractivity contribution in [3.8, 4) is 0 Å². The molecule has 0 spiro atoms. The molecule has 1 aromatic rings. The van der Waals surface area contributed by atoms with Gasteiger partial charge in [0.15, 0.2) is 5.82 Å². The van der Waals surface area contributed by atoms with E-state index in [4.69, 9.17) is 4.52 Å². The lowest BCUT2D eigenvalue weighted by molar-refractivity contribution is -0.126. The Bertz CT molecular complexity index is 454. The molecule has 6 nitrogen and oxygen atoms in total. The van der Waals surface area contributed by atoms with Gasteiger partial charge in [0.2, 0.25) is 11.8 Å². The zero-order chi connectivity index (χ0) is 15.2. The van der Waals surface area contributed by atoms with Crippen molar-refractivity contribution in [2.75, 3.05) is 7.05 Å². The van der Waals surface area contributed by atoms with Gasteiger partial charge in [-0.1, -0.05) is 24.4 Å². The number of likely N-dealkylation sites (N-methyl/N-ethyl adjacent to an activating group) is 1. The summed E-state index contributed by atoms with van der Waals surface area (Å²) in [5.74, 6) is 1.42. The fourth-order valence-corrected chi connectivity index (χ4v) is 2.66. The number of nitrogens with one attached hydrogen (secondary N) is 2. The van der Waals surface area contributed by atoms with Gasteiger partial charge in [0, 0.05) is 18.4 Å². The molecule has 0 bridgehead atoms. The third kappa shape index (κ3) is 4.52. The van der Waals surface area contributed by atoms with Gasteiger partial charge in [0.25, 0.3) is 0 Å². The van der Waals surface area contributed by atoms with Crippen molar-refractivity contribution >= 4 is 5.91 Å². The molecule has 2 atom stereocenters. The van der Waals surface area contributed by atoms with E-state index < -0.39 is 0 Å². The van der Waals surface area contributed by atoms with Crippen molar-refractivity contribution in [1.82, 2.24) is 20.8 Å². The zero-order valence-corrected chi connectivity index (χ0v) is 13.2. The van der Waals surface area contributed by atoms with E-state index in [0.717, 1.165) is 25.7 Å². The molecule has 0 saturated heterocycles. The van der Waals surface area contributed by atoms with Crippen molar-refractivity contribution < 1.29 is 9.32 Å². The summed E-state index contributed by atoms with van der Waals surface area (Å²) in [5, 5.41) is 10.1. The lowest BCUT2D eigenvalue weighted by atomic mass is 9.88. The maximum absolute atomic E-state index is 12.2. The predicted octanol–water partition coefficient (Wildman–Crippen LogP) is 1.98. The Morgan fingerprint density at radius 2 is 2.05 bits per heavy atom. The maximum atomic E-state index is 12.2. The second-order valence-corrected chi connectivity index (χ2v) is 6.01. The molecule has 2 rings (SSSR count). The number of carbonyl (C=O) groups excluding carboxylic acids is 1. The lowest BCUT2D eigenvalue weighted by Crippen LogP contribution is -2.34. The third-order valence-corrected chi connectivity index (χ3v) is 4.17. The summed E-state index contributed by atoms with van der Waals surface area (Å²) in [5.41, 5.74) is 0. The van der Waals surface area contributed by atoms with Gasteiger partial charge in [-0.3, -0.25) is 4.79 Å². The molecule has 1 amide bonds. The first-order chi connectivity index (χ1) is 10.1. The highest BCUT2D eigenvalue weighted by Gasteiger charge is 2.24. The van der Waals surface area contributed by atoms with Crippen LogP contribution in [0.1, 0.15) is 63.7 Å². The first kappa shape index (κ1) is 15.9. The van der Waals surface area contributed by atoms with Crippen molar-refractivity contribution in [1.29, 1.82) is 0 Å². The van der Waals surface area contributed by atoms with Crippen molar-refractivity contribution in [2.45, 2.75) is 64.5 Å². The molecule has 21 heavy (non-hydrogen) atoms. The van der Waals surface area contributed by atoms with Gasteiger partial charge in [-0.2, -0.15) is 4.98 Å². The van der Waals surface area contributed by atoms with Crippen LogP contribution in [0.2, 0.25) is 0 Å². The number of aromatic nitrogens is 2. The molecule has 1 aliphatic carbocycles. The van der Waals surface area contributed by atoms with Crippen molar-refractivity contribution in [3.63, 3.8) is 0 Å². The first-order valence-corrected chi connectivity index (χ1v) is 7.90. The van der Waals surface area contributed by atoms with Gasteiger partial charge in [0.05, 0.1) is 0 Å². The van der Waals surface area contributed by atoms with Crippen LogP contribution < -0.4 is 10.6 Å². The van der Waals surface area contributed by atoms with Crippen molar-refractivity contribution in [2.24, 2.45) is 5.92 Å². The van der Waals surface area contributed by atoms with E-state index >= 15 is 0 Å². The van der Waals surface area contributed by atoms with E-state index in [9.17, 15) is 4.79 Å². The fourth-order valence-electron chi connectivity index (χ4n) is 2.66. The van der Waals surface area contributed by atoms with Crippen LogP contribution in [0.4, 0.5) is 0 Å². The molecule has 1 unspecified atom stereocenters. The molecule has 1 aliphatic rings. The quantitative estimate of drug-likeness (QED) is 0.838.